The highest BCUT2D eigenvalue weighted by Crippen LogP contribution is 2.53. The van der Waals surface area contributed by atoms with E-state index in [1.165, 1.54) is 45.5 Å². The average molecular weight is 303 g/mol. The first-order chi connectivity index (χ1) is 11.3. The van der Waals surface area contributed by atoms with E-state index >= 15 is 0 Å². The predicted molar refractivity (Wildman–Crippen MR) is 97.5 cm³/mol. The maximum absolute atomic E-state index is 3.38. The molecule has 0 spiro atoms. The lowest BCUT2D eigenvalue weighted by molar-refractivity contribution is 0.0198. The molecule has 4 saturated carbocycles. The van der Waals surface area contributed by atoms with Crippen molar-refractivity contribution in [2.75, 3.05) is 0 Å². The van der Waals surface area contributed by atoms with Gasteiger partial charge in [-0.25, -0.2) is 0 Å². The van der Waals surface area contributed by atoms with Crippen molar-refractivity contribution >= 4 is 21.8 Å². The van der Waals surface area contributed by atoms with Gasteiger partial charge in [-0.1, -0.05) is 36.4 Å². The third kappa shape index (κ3) is 2.47. The Labute approximate surface area is 138 Å². The molecule has 2 aromatic carbocycles. The standard InChI is InChI=1S/C12H9N.C10H16/c1-3-7-11-9(5-1)10-6-2-4-8-12(10)13-11;1-7-2-9-4-8(1)5-10(3-7)6-9/h1-8,13H;7-10H,1-6H2. The number of nitrogens with one attached hydrogen (secondary N) is 1. The summed E-state index contributed by atoms with van der Waals surface area (Å²) in [6, 6.07) is 16.8. The Morgan fingerprint density at radius 3 is 1.26 bits per heavy atom. The second-order valence-corrected chi connectivity index (χ2v) is 8.09. The first-order valence-corrected chi connectivity index (χ1v) is 9.30. The fraction of sp³-hybridized carbons (Fsp3) is 0.455. The number of aromatic nitrogens is 1. The summed E-state index contributed by atoms with van der Waals surface area (Å²) >= 11 is 0. The first-order valence-electron chi connectivity index (χ1n) is 9.30. The van der Waals surface area contributed by atoms with E-state index in [1.807, 2.05) is 0 Å². The highest BCUT2D eigenvalue weighted by atomic mass is 14.7. The van der Waals surface area contributed by atoms with E-state index < -0.39 is 0 Å². The topological polar surface area (TPSA) is 15.8 Å². The molecule has 4 fully saturated rings. The molecule has 4 bridgehead atoms. The highest BCUT2D eigenvalue weighted by Gasteiger charge is 2.41. The molecule has 3 aromatic rings. The molecule has 0 amide bonds. The Morgan fingerprint density at radius 1 is 0.522 bits per heavy atom. The third-order valence-corrected chi connectivity index (χ3v) is 6.41. The molecule has 0 radical (unpaired) electrons. The molecule has 0 unspecified atom stereocenters. The van der Waals surface area contributed by atoms with E-state index in [2.05, 4.69) is 53.5 Å². The Morgan fingerprint density at radius 2 is 0.870 bits per heavy atom. The van der Waals surface area contributed by atoms with Crippen LogP contribution in [0.5, 0.6) is 0 Å². The van der Waals surface area contributed by atoms with Gasteiger partial charge in [-0.3, -0.25) is 0 Å². The van der Waals surface area contributed by atoms with Crippen molar-refractivity contribution < 1.29 is 0 Å². The van der Waals surface area contributed by atoms with E-state index in [4.69, 9.17) is 0 Å². The number of para-hydroxylation sites is 2. The lowest BCUT2D eigenvalue weighted by atomic mass is 9.56. The van der Waals surface area contributed by atoms with Crippen LogP contribution < -0.4 is 0 Å². The van der Waals surface area contributed by atoms with Crippen molar-refractivity contribution in [2.45, 2.75) is 38.5 Å². The average Bonchev–Trinajstić information content (AvgIpc) is 2.93. The number of H-pyrrole nitrogens is 1. The summed E-state index contributed by atoms with van der Waals surface area (Å²) in [6.45, 7) is 0. The highest BCUT2D eigenvalue weighted by molar-refractivity contribution is 6.06. The van der Waals surface area contributed by atoms with Gasteiger partial charge in [-0.15, -0.1) is 0 Å². The maximum Gasteiger partial charge on any atom is 0.0464 e. The van der Waals surface area contributed by atoms with E-state index in [9.17, 15) is 0 Å². The molecule has 118 valence electrons. The lowest BCUT2D eigenvalue weighted by Gasteiger charge is -2.49. The molecule has 1 nitrogen and oxygen atoms in total. The Bertz CT molecular complexity index is 721. The van der Waals surface area contributed by atoms with Gasteiger partial charge in [0.2, 0.25) is 0 Å². The van der Waals surface area contributed by atoms with Crippen LogP contribution in [0.3, 0.4) is 0 Å². The number of aromatic amines is 1. The predicted octanol–water partition coefficient (Wildman–Crippen LogP) is 6.15. The van der Waals surface area contributed by atoms with Gasteiger partial charge in [0.1, 0.15) is 0 Å². The SMILES string of the molecule is C1C2CC3CC1CC(C2)C3.c1ccc2c(c1)[nH]c1ccccc12. The number of hydrogen-bond donors (Lipinski definition) is 1. The lowest BCUT2D eigenvalue weighted by Crippen LogP contribution is -2.38. The molecule has 0 aliphatic heterocycles. The fourth-order valence-corrected chi connectivity index (χ4v) is 5.78. The van der Waals surface area contributed by atoms with Crippen LogP contribution in [0.15, 0.2) is 48.5 Å². The van der Waals surface area contributed by atoms with Crippen LogP contribution >= 0.6 is 0 Å². The van der Waals surface area contributed by atoms with E-state index in [0.29, 0.717) is 0 Å². The van der Waals surface area contributed by atoms with Gasteiger partial charge in [0.25, 0.3) is 0 Å². The van der Waals surface area contributed by atoms with Crippen molar-refractivity contribution in [3.05, 3.63) is 48.5 Å². The first kappa shape index (κ1) is 13.7. The van der Waals surface area contributed by atoms with E-state index in [-0.39, 0.29) is 0 Å². The molecule has 7 rings (SSSR count). The van der Waals surface area contributed by atoms with E-state index in [0.717, 1.165) is 0 Å². The second-order valence-electron chi connectivity index (χ2n) is 8.09. The monoisotopic (exact) mass is 303 g/mol. The minimum Gasteiger partial charge on any atom is -0.355 e. The van der Waals surface area contributed by atoms with Crippen molar-refractivity contribution in [2.24, 2.45) is 23.7 Å². The van der Waals surface area contributed by atoms with Crippen molar-refractivity contribution in [3.63, 3.8) is 0 Å². The van der Waals surface area contributed by atoms with Gasteiger partial charge in [0.05, 0.1) is 0 Å². The molecule has 1 N–H and O–H groups in total. The fourth-order valence-electron chi connectivity index (χ4n) is 5.78. The summed E-state index contributed by atoms with van der Waals surface area (Å²) in [5.41, 5.74) is 2.42. The van der Waals surface area contributed by atoms with Crippen LogP contribution in [-0.4, -0.2) is 4.98 Å². The maximum atomic E-state index is 3.38. The molecule has 1 aromatic heterocycles. The summed E-state index contributed by atoms with van der Waals surface area (Å²) in [5.74, 6) is 4.71. The molecule has 1 heterocycles. The normalized spacial score (nSPS) is 31.3. The molecular formula is C22H25N. The number of hydrogen-bond acceptors (Lipinski definition) is 0. The summed E-state index contributed by atoms with van der Waals surface area (Å²) in [4.78, 5) is 3.38. The Hall–Kier alpha value is -1.76. The molecule has 1 heteroatoms. The summed E-state index contributed by atoms with van der Waals surface area (Å²) in [7, 11) is 0. The van der Waals surface area contributed by atoms with Crippen LogP contribution in [0, 0.1) is 23.7 Å². The number of rotatable bonds is 0. The molecular weight excluding hydrogens is 278 g/mol. The quantitative estimate of drug-likeness (QED) is 0.512. The Kier molecular flexibility index (Phi) is 3.21. The van der Waals surface area contributed by atoms with Crippen molar-refractivity contribution in [3.8, 4) is 0 Å². The number of fused-ring (bicyclic) bond motifs is 3. The van der Waals surface area contributed by atoms with Crippen LogP contribution in [0.1, 0.15) is 38.5 Å². The summed E-state index contributed by atoms with van der Waals surface area (Å²) in [6.07, 6.45) is 9.62. The third-order valence-electron chi connectivity index (χ3n) is 6.41. The smallest absolute Gasteiger partial charge is 0.0464 e. The van der Waals surface area contributed by atoms with Gasteiger partial charge in [-0.05, 0) is 74.3 Å². The minimum atomic E-state index is 1.18. The largest absolute Gasteiger partial charge is 0.355 e. The zero-order valence-corrected chi connectivity index (χ0v) is 13.7. The van der Waals surface area contributed by atoms with Crippen molar-refractivity contribution in [1.82, 2.24) is 4.98 Å². The van der Waals surface area contributed by atoms with Gasteiger partial charge in [0.15, 0.2) is 0 Å². The number of benzene rings is 2. The second kappa shape index (κ2) is 5.40. The van der Waals surface area contributed by atoms with Gasteiger partial charge < -0.3 is 4.98 Å². The van der Waals surface area contributed by atoms with Crippen LogP contribution in [-0.2, 0) is 0 Å². The molecule has 0 saturated heterocycles. The molecule has 4 aliphatic rings. The van der Waals surface area contributed by atoms with Crippen LogP contribution in [0.2, 0.25) is 0 Å². The van der Waals surface area contributed by atoms with Crippen LogP contribution in [0.4, 0.5) is 0 Å². The summed E-state index contributed by atoms with van der Waals surface area (Å²) < 4.78 is 0. The van der Waals surface area contributed by atoms with Crippen molar-refractivity contribution in [1.29, 1.82) is 0 Å². The van der Waals surface area contributed by atoms with Gasteiger partial charge >= 0.3 is 0 Å². The zero-order valence-electron chi connectivity index (χ0n) is 13.7. The van der Waals surface area contributed by atoms with Crippen LogP contribution in [0.25, 0.3) is 21.8 Å². The summed E-state index contributed by atoms with van der Waals surface area (Å²) in [5, 5.41) is 2.61. The molecule has 23 heavy (non-hydrogen) atoms. The zero-order chi connectivity index (χ0) is 15.2. The molecule has 0 atom stereocenters. The Balaban J connectivity index is 0.000000109. The molecule has 4 aliphatic carbocycles. The van der Waals surface area contributed by atoms with Gasteiger partial charge in [0, 0.05) is 21.8 Å². The van der Waals surface area contributed by atoms with Gasteiger partial charge in [-0.2, -0.15) is 0 Å². The van der Waals surface area contributed by atoms with E-state index in [1.54, 1.807) is 38.5 Å². The minimum absolute atomic E-state index is 1.18.